The standard InChI is InChI=1S/C21H20ClN3O3/c1-3-28-21(27)16-9-7-15(8-10-16)12-24-13-17(11-23)20(26)25-19-6-4-5-18(22)14(19)2/h4-10,13,24H,3,12H2,1-2H3,(H,25,26)/b17-13-. The van der Waals surface area contributed by atoms with Gasteiger partial charge in [0.1, 0.15) is 11.6 Å². The molecular weight excluding hydrogens is 378 g/mol. The number of anilines is 1. The van der Waals surface area contributed by atoms with E-state index in [4.69, 9.17) is 16.3 Å². The van der Waals surface area contributed by atoms with Crippen LogP contribution in [0, 0.1) is 18.3 Å². The van der Waals surface area contributed by atoms with Crippen molar-refractivity contribution in [3.8, 4) is 6.07 Å². The fourth-order valence-corrected chi connectivity index (χ4v) is 2.50. The predicted octanol–water partition coefficient (Wildman–Crippen LogP) is 3.96. The van der Waals surface area contributed by atoms with Crippen molar-refractivity contribution in [3.63, 3.8) is 0 Å². The lowest BCUT2D eigenvalue weighted by molar-refractivity contribution is -0.112. The van der Waals surface area contributed by atoms with Crippen molar-refractivity contribution in [1.29, 1.82) is 5.26 Å². The van der Waals surface area contributed by atoms with E-state index in [1.807, 2.05) is 6.07 Å². The van der Waals surface area contributed by atoms with Gasteiger partial charge in [-0.05, 0) is 49.2 Å². The Bertz CT molecular complexity index is 931. The maximum Gasteiger partial charge on any atom is 0.338 e. The summed E-state index contributed by atoms with van der Waals surface area (Å²) in [5.41, 5.74) is 2.56. The molecule has 0 radical (unpaired) electrons. The molecule has 0 fully saturated rings. The second kappa shape index (κ2) is 10.1. The summed E-state index contributed by atoms with van der Waals surface area (Å²) in [7, 11) is 0. The molecule has 6 nitrogen and oxygen atoms in total. The van der Waals surface area contributed by atoms with Crippen LogP contribution in [-0.2, 0) is 16.1 Å². The second-order valence-electron chi connectivity index (χ2n) is 5.83. The number of esters is 1. The SMILES string of the molecule is CCOC(=O)c1ccc(CN/C=C(/C#N)C(=O)Nc2cccc(Cl)c2C)cc1. The Hall–Kier alpha value is -3.30. The number of halogens is 1. The van der Waals surface area contributed by atoms with Crippen LogP contribution in [0.15, 0.2) is 54.2 Å². The van der Waals surface area contributed by atoms with Crippen molar-refractivity contribution in [3.05, 3.63) is 76.0 Å². The minimum Gasteiger partial charge on any atom is -0.462 e. The van der Waals surface area contributed by atoms with Gasteiger partial charge in [-0.15, -0.1) is 0 Å². The van der Waals surface area contributed by atoms with Crippen LogP contribution < -0.4 is 10.6 Å². The van der Waals surface area contributed by atoms with Crippen LogP contribution in [0.5, 0.6) is 0 Å². The summed E-state index contributed by atoms with van der Waals surface area (Å²) in [5, 5.41) is 15.4. The Morgan fingerprint density at radius 2 is 1.93 bits per heavy atom. The van der Waals surface area contributed by atoms with E-state index in [0.717, 1.165) is 11.1 Å². The zero-order chi connectivity index (χ0) is 20.5. The number of carbonyl (C=O) groups is 2. The lowest BCUT2D eigenvalue weighted by Gasteiger charge is -2.09. The van der Waals surface area contributed by atoms with Crippen LogP contribution >= 0.6 is 11.6 Å². The average molecular weight is 398 g/mol. The Kier molecular flexibility index (Phi) is 7.61. The number of hydrogen-bond acceptors (Lipinski definition) is 5. The van der Waals surface area contributed by atoms with Gasteiger partial charge in [-0.3, -0.25) is 4.79 Å². The molecule has 144 valence electrons. The van der Waals surface area contributed by atoms with Gasteiger partial charge >= 0.3 is 5.97 Å². The molecule has 7 heteroatoms. The number of hydrogen-bond donors (Lipinski definition) is 2. The highest BCUT2D eigenvalue weighted by Gasteiger charge is 2.11. The summed E-state index contributed by atoms with van der Waals surface area (Å²) >= 11 is 6.04. The van der Waals surface area contributed by atoms with E-state index in [1.165, 1.54) is 6.20 Å². The number of benzene rings is 2. The molecule has 2 aromatic rings. The number of nitrogens with one attached hydrogen (secondary N) is 2. The maximum atomic E-state index is 12.3. The Morgan fingerprint density at radius 1 is 1.21 bits per heavy atom. The molecule has 0 atom stereocenters. The van der Waals surface area contributed by atoms with Crippen molar-refractivity contribution in [1.82, 2.24) is 5.32 Å². The first-order valence-corrected chi connectivity index (χ1v) is 9.00. The fourth-order valence-electron chi connectivity index (χ4n) is 2.33. The number of nitriles is 1. The predicted molar refractivity (Wildman–Crippen MR) is 108 cm³/mol. The van der Waals surface area contributed by atoms with Crippen molar-refractivity contribution >= 4 is 29.2 Å². The molecule has 0 saturated carbocycles. The van der Waals surface area contributed by atoms with E-state index in [9.17, 15) is 14.9 Å². The topological polar surface area (TPSA) is 91.2 Å². The maximum absolute atomic E-state index is 12.3. The van der Waals surface area contributed by atoms with Crippen LogP contribution in [0.1, 0.15) is 28.4 Å². The van der Waals surface area contributed by atoms with Gasteiger partial charge in [0, 0.05) is 23.5 Å². The first kappa shape index (κ1) is 21.0. The summed E-state index contributed by atoms with van der Waals surface area (Å²) in [6.45, 7) is 4.24. The van der Waals surface area contributed by atoms with Gasteiger partial charge < -0.3 is 15.4 Å². The zero-order valence-electron chi connectivity index (χ0n) is 15.6. The summed E-state index contributed by atoms with van der Waals surface area (Å²) in [5.74, 6) is -0.903. The van der Waals surface area contributed by atoms with E-state index >= 15 is 0 Å². The molecule has 0 bridgehead atoms. The lowest BCUT2D eigenvalue weighted by atomic mass is 10.1. The number of carbonyl (C=O) groups excluding carboxylic acids is 2. The molecule has 0 aliphatic rings. The molecule has 1 amide bonds. The number of rotatable bonds is 7. The number of amides is 1. The molecule has 28 heavy (non-hydrogen) atoms. The van der Waals surface area contributed by atoms with Crippen LogP contribution in [0.25, 0.3) is 0 Å². The highest BCUT2D eigenvalue weighted by Crippen LogP contribution is 2.23. The Balaban J connectivity index is 1.97. The smallest absolute Gasteiger partial charge is 0.338 e. The zero-order valence-corrected chi connectivity index (χ0v) is 16.3. The van der Waals surface area contributed by atoms with Gasteiger partial charge in [0.15, 0.2) is 0 Å². The molecular formula is C21H20ClN3O3. The van der Waals surface area contributed by atoms with Crippen molar-refractivity contribution in [2.24, 2.45) is 0 Å². The van der Waals surface area contributed by atoms with Gasteiger partial charge in [-0.1, -0.05) is 29.8 Å². The van der Waals surface area contributed by atoms with Crippen LogP contribution in [-0.4, -0.2) is 18.5 Å². The molecule has 0 aromatic heterocycles. The highest BCUT2D eigenvalue weighted by molar-refractivity contribution is 6.31. The third-order valence-electron chi connectivity index (χ3n) is 3.90. The van der Waals surface area contributed by atoms with Crippen LogP contribution in [0.2, 0.25) is 5.02 Å². The molecule has 0 saturated heterocycles. The van der Waals surface area contributed by atoms with E-state index in [0.29, 0.717) is 29.4 Å². The molecule has 2 aromatic carbocycles. The molecule has 0 aliphatic heterocycles. The quantitative estimate of drug-likeness (QED) is 0.419. The molecule has 0 spiro atoms. The summed E-state index contributed by atoms with van der Waals surface area (Å²) < 4.78 is 4.93. The summed E-state index contributed by atoms with van der Waals surface area (Å²) in [4.78, 5) is 23.9. The van der Waals surface area contributed by atoms with Crippen molar-refractivity contribution < 1.29 is 14.3 Å². The van der Waals surface area contributed by atoms with Gasteiger partial charge in [0.05, 0.1) is 12.2 Å². The molecule has 0 heterocycles. The summed E-state index contributed by atoms with van der Waals surface area (Å²) in [6, 6.07) is 13.9. The largest absolute Gasteiger partial charge is 0.462 e. The lowest BCUT2D eigenvalue weighted by Crippen LogP contribution is -2.17. The third kappa shape index (κ3) is 5.60. The highest BCUT2D eigenvalue weighted by atomic mass is 35.5. The Morgan fingerprint density at radius 3 is 2.57 bits per heavy atom. The minimum absolute atomic E-state index is 0.0671. The van der Waals surface area contributed by atoms with E-state index in [-0.39, 0.29) is 11.5 Å². The normalized spacial score (nSPS) is 10.7. The van der Waals surface area contributed by atoms with Gasteiger partial charge in [-0.25, -0.2) is 4.79 Å². The Labute approximate surface area is 168 Å². The van der Waals surface area contributed by atoms with E-state index in [2.05, 4.69) is 10.6 Å². The number of ether oxygens (including phenoxy) is 1. The first-order chi connectivity index (χ1) is 13.5. The second-order valence-corrected chi connectivity index (χ2v) is 6.24. The van der Waals surface area contributed by atoms with Gasteiger partial charge in [0.25, 0.3) is 5.91 Å². The van der Waals surface area contributed by atoms with Crippen LogP contribution in [0.4, 0.5) is 5.69 Å². The molecule has 0 aliphatic carbocycles. The van der Waals surface area contributed by atoms with Crippen LogP contribution in [0.3, 0.4) is 0 Å². The van der Waals surface area contributed by atoms with Crippen molar-refractivity contribution in [2.45, 2.75) is 20.4 Å². The molecule has 2 rings (SSSR count). The number of nitrogens with zero attached hydrogens (tertiary/aromatic N) is 1. The van der Waals surface area contributed by atoms with E-state index < -0.39 is 5.91 Å². The third-order valence-corrected chi connectivity index (χ3v) is 4.31. The van der Waals surface area contributed by atoms with Crippen molar-refractivity contribution in [2.75, 3.05) is 11.9 Å². The molecule has 2 N–H and O–H groups in total. The van der Waals surface area contributed by atoms with E-state index in [1.54, 1.807) is 56.3 Å². The van der Waals surface area contributed by atoms with Gasteiger partial charge in [0.2, 0.25) is 0 Å². The monoisotopic (exact) mass is 397 g/mol. The summed E-state index contributed by atoms with van der Waals surface area (Å²) in [6.07, 6.45) is 1.36. The van der Waals surface area contributed by atoms with Gasteiger partial charge in [-0.2, -0.15) is 5.26 Å². The first-order valence-electron chi connectivity index (χ1n) is 8.62. The molecule has 0 unspecified atom stereocenters. The average Bonchev–Trinajstić information content (AvgIpc) is 2.69. The minimum atomic E-state index is -0.530. The fraction of sp³-hybridized carbons (Fsp3) is 0.190.